The van der Waals surface area contributed by atoms with Gasteiger partial charge in [0.1, 0.15) is 12.1 Å². The highest BCUT2D eigenvalue weighted by Crippen LogP contribution is 2.18. The zero-order chi connectivity index (χ0) is 25.5. The zero-order valence-corrected chi connectivity index (χ0v) is 20.1. The van der Waals surface area contributed by atoms with E-state index in [0.717, 1.165) is 25.7 Å². The molecule has 0 unspecified atom stereocenters. The van der Waals surface area contributed by atoms with Crippen LogP contribution in [0.3, 0.4) is 0 Å². The van der Waals surface area contributed by atoms with Gasteiger partial charge in [-0.25, -0.2) is 0 Å². The van der Waals surface area contributed by atoms with E-state index in [2.05, 4.69) is 25.9 Å². The van der Waals surface area contributed by atoms with Crippen molar-refractivity contribution in [2.24, 2.45) is 38.7 Å². The predicted octanol–water partition coefficient (Wildman–Crippen LogP) is -2.14. The van der Waals surface area contributed by atoms with Crippen LogP contribution in [0.4, 0.5) is 0 Å². The molecule has 1 aliphatic carbocycles. The molecule has 34 heavy (non-hydrogen) atoms. The van der Waals surface area contributed by atoms with Crippen LogP contribution in [-0.2, 0) is 14.4 Å². The topological polar surface area (TPSA) is 242 Å². The quantitative estimate of drug-likeness (QED) is 0.0725. The Kier molecular flexibility index (Phi) is 13.4. The minimum absolute atomic E-state index is 0.00818. The number of hydrogen-bond acceptors (Lipinski definition) is 6. The normalized spacial score (nSPS) is 16.5. The average molecular weight is 483 g/mol. The fraction of sp³-hybridized carbons (Fsp3) is 0.762. The van der Waals surface area contributed by atoms with Crippen LogP contribution < -0.4 is 44.6 Å². The van der Waals surface area contributed by atoms with Gasteiger partial charge in [0.15, 0.2) is 11.9 Å². The van der Waals surface area contributed by atoms with E-state index in [4.69, 9.17) is 28.7 Å². The maximum Gasteiger partial charge on any atom is 0.242 e. The number of carbonyl (C=O) groups is 3. The van der Waals surface area contributed by atoms with Gasteiger partial charge in [-0.3, -0.25) is 24.4 Å². The van der Waals surface area contributed by atoms with Crippen LogP contribution in [-0.4, -0.2) is 66.9 Å². The summed E-state index contributed by atoms with van der Waals surface area (Å²) in [5.74, 6) is -1.51. The number of guanidine groups is 2. The van der Waals surface area contributed by atoms with E-state index in [1.54, 1.807) is 6.92 Å². The number of nitrogens with two attached hydrogens (primary N) is 5. The molecule has 1 fully saturated rings. The predicted molar refractivity (Wildman–Crippen MR) is 132 cm³/mol. The second-order valence-corrected chi connectivity index (χ2v) is 8.65. The minimum Gasteiger partial charge on any atom is -0.370 e. The highest BCUT2D eigenvalue weighted by atomic mass is 16.2. The molecule has 13 nitrogen and oxygen atoms in total. The van der Waals surface area contributed by atoms with Crippen molar-refractivity contribution < 1.29 is 14.4 Å². The van der Waals surface area contributed by atoms with Crippen LogP contribution in [0.25, 0.3) is 0 Å². The van der Waals surface area contributed by atoms with Crippen LogP contribution in [0.5, 0.6) is 0 Å². The lowest BCUT2D eigenvalue weighted by molar-refractivity contribution is -0.131. The van der Waals surface area contributed by atoms with E-state index >= 15 is 0 Å². The summed E-state index contributed by atoms with van der Waals surface area (Å²) in [5.41, 5.74) is 26.7. The summed E-state index contributed by atoms with van der Waals surface area (Å²) in [6, 6.07) is -1.99. The standard InChI is InChI=1S/C21H42N10O3/c1-13(18(33)31-15(17(22)32)9-5-11-27-20(23)24)29-19(34)16(10-6-12-28-21(25)26)30-14-7-3-2-4-8-14/h13-16,30H,2-12H2,1H3,(H2,22,32)(H,29,34)(H,31,33)(H4,23,24,27)(H4,25,26,28)/t13-,15-,16-/m0/s1. The van der Waals surface area contributed by atoms with Gasteiger partial charge >= 0.3 is 0 Å². The van der Waals surface area contributed by atoms with Crippen LogP contribution in [0, 0.1) is 0 Å². The molecule has 1 saturated carbocycles. The van der Waals surface area contributed by atoms with Gasteiger partial charge in [0.05, 0.1) is 6.04 Å². The highest BCUT2D eigenvalue weighted by molar-refractivity contribution is 5.92. The number of amides is 3. The molecule has 0 aromatic heterocycles. The molecule has 0 saturated heterocycles. The smallest absolute Gasteiger partial charge is 0.242 e. The Balaban J connectivity index is 2.66. The van der Waals surface area contributed by atoms with Crippen molar-refractivity contribution in [2.45, 2.75) is 88.9 Å². The fourth-order valence-corrected chi connectivity index (χ4v) is 3.81. The molecule has 1 rings (SSSR count). The van der Waals surface area contributed by atoms with Crippen molar-refractivity contribution in [1.29, 1.82) is 0 Å². The summed E-state index contributed by atoms with van der Waals surface area (Å²) < 4.78 is 0. The molecule has 3 amide bonds. The summed E-state index contributed by atoms with van der Waals surface area (Å²) in [5, 5.41) is 8.76. The third-order valence-corrected chi connectivity index (χ3v) is 5.66. The molecule has 1 aliphatic rings. The Morgan fingerprint density at radius 2 is 1.32 bits per heavy atom. The van der Waals surface area contributed by atoms with E-state index in [1.807, 2.05) is 0 Å². The van der Waals surface area contributed by atoms with E-state index in [9.17, 15) is 14.4 Å². The van der Waals surface area contributed by atoms with Crippen LogP contribution in [0.1, 0.15) is 64.7 Å². The maximum absolute atomic E-state index is 13.0. The third-order valence-electron chi connectivity index (χ3n) is 5.66. The molecule has 0 aliphatic heterocycles. The van der Waals surface area contributed by atoms with Crippen LogP contribution >= 0.6 is 0 Å². The number of carbonyl (C=O) groups excluding carboxylic acids is 3. The van der Waals surface area contributed by atoms with E-state index < -0.39 is 29.9 Å². The van der Waals surface area contributed by atoms with E-state index in [1.165, 1.54) is 6.42 Å². The summed E-state index contributed by atoms with van der Waals surface area (Å²) in [4.78, 5) is 45.1. The second-order valence-electron chi connectivity index (χ2n) is 8.65. The van der Waals surface area contributed by atoms with Gasteiger partial charge < -0.3 is 44.6 Å². The van der Waals surface area contributed by atoms with Crippen LogP contribution in [0.2, 0.25) is 0 Å². The van der Waals surface area contributed by atoms with Gasteiger partial charge in [0.2, 0.25) is 17.7 Å². The summed E-state index contributed by atoms with van der Waals surface area (Å²) >= 11 is 0. The minimum atomic E-state index is -0.892. The highest BCUT2D eigenvalue weighted by Gasteiger charge is 2.27. The molecule has 0 spiro atoms. The Morgan fingerprint density at radius 3 is 1.82 bits per heavy atom. The number of nitrogens with zero attached hydrogens (tertiary/aromatic N) is 2. The number of rotatable bonds is 15. The van der Waals surface area contributed by atoms with E-state index in [-0.39, 0.29) is 30.3 Å². The summed E-state index contributed by atoms with van der Waals surface area (Å²) in [7, 11) is 0. The van der Waals surface area contributed by atoms with Crippen LogP contribution in [0.15, 0.2) is 9.98 Å². The molecule has 194 valence electrons. The Hall–Kier alpha value is -3.09. The first kappa shape index (κ1) is 28.9. The van der Waals surface area contributed by atoms with Crippen molar-refractivity contribution in [3.05, 3.63) is 0 Å². The summed E-state index contributed by atoms with van der Waals surface area (Å²) in [6.45, 7) is 2.28. The number of aliphatic imine (C=N–C) groups is 2. The van der Waals surface area contributed by atoms with Crippen molar-refractivity contribution in [1.82, 2.24) is 16.0 Å². The molecule has 13 N–H and O–H groups in total. The Morgan fingerprint density at radius 1 is 0.794 bits per heavy atom. The molecular formula is C21H42N10O3. The van der Waals surface area contributed by atoms with Gasteiger partial charge in [-0.05, 0) is 45.4 Å². The average Bonchev–Trinajstić information content (AvgIpc) is 2.77. The first-order valence-corrected chi connectivity index (χ1v) is 11.9. The SMILES string of the molecule is C[C@H](NC(=O)[C@H](CCCN=C(N)N)NC1CCCCC1)C(=O)N[C@@H](CCCN=C(N)N)C(N)=O. The van der Waals surface area contributed by atoms with Crippen molar-refractivity contribution in [2.75, 3.05) is 13.1 Å². The number of primary amides is 1. The largest absolute Gasteiger partial charge is 0.370 e. The van der Waals surface area contributed by atoms with Crippen molar-refractivity contribution >= 4 is 29.6 Å². The molecule has 13 heteroatoms. The first-order chi connectivity index (χ1) is 16.1. The van der Waals surface area contributed by atoms with Gasteiger partial charge in [-0.2, -0.15) is 0 Å². The third kappa shape index (κ3) is 12.2. The van der Waals surface area contributed by atoms with Gasteiger partial charge in [0.25, 0.3) is 0 Å². The lowest BCUT2D eigenvalue weighted by Crippen LogP contribution is -2.56. The molecule has 0 aromatic rings. The molecule has 0 aromatic carbocycles. The summed E-state index contributed by atoms with van der Waals surface area (Å²) in [6.07, 6.45) is 7.31. The monoisotopic (exact) mass is 482 g/mol. The molecule has 0 bridgehead atoms. The lowest BCUT2D eigenvalue weighted by Gasteiger charge is -2.29. The van der Waals surface area contributed by atoms with E-state index in [0.29, 0.717) is 32.4 Å². The lowest BCUT2D eigenvalue weighted by atomic mass is 9.94. The van der Waals surface area contributed by atoms with Crippen molar-refractivity contribution in [3.8, 4) is 0 Å². The fourth-order valence-electron chi connectivity index (χ4n) is 3.81. The number of nitrogens with one attached hydrogen (secondary N) is 3. The Bertz CT molecular complexity index is 714. The van der Waals surface area contributed by atoms with Crippen molar-refractivity contribution in [3.63, 3.8) is 0 Å². The molecular weight excluding hydrogens is 440 g/mol. The zero-order valence-electron chi connectivity index (χ0n) is 20.1. The molecule has 0 radical (unpaired) electrons. The second kappa shape index (κ2) is 15.7. The molecule has 0 heterocycles. The first-order valence-electron chi connectivity index (χ1n) is 11.9. The van der Waals surface area contributed by atoms with Gasteiger partial charge in [-0.15, -0.1) is 0 Å². The van der Waals surface area contributed by atoms with Gasteiger partial charge in [-0.1, -0.05) is 19.3 Å². The number of hydrogen-bond donors (Lipinski definition) is 8. The van der Waals surface area contributed by atoms with Gasteiger partial charge in [0, 0.05) is 19.1 Å². The maximum atomic E-state index is 13.0. The molecule has 3 atom stereocenters. The Labute approximate surface area is 201 Å².